The van der Waals surface area contributed by atoms with Gasteiger partial charge >= 0.3 is 0 Å². The first-order chi connectivity index (χ1) is 12.7. The number of aromatic nitrogens is 1. The number of pyridine rings is 1. The second kappa shape index (κ2) is 8.58. The smallest absolute Gasteiger partial charge is 0.244 e. The van der Waals surface area contributed by atoms with Crippen molar-refractivity contribution in [2.45, 2.75) is 6.54 Å². The number of hydrogen-bond donors (Lipinski definition) is 2. The number of benzene rings is 2. The van der Waals surface area contributed by atoms with Crippen LogP contribution in [-0.2, 0) is 16.1 Å². The number of hydrogen-bond acceptors (Lipinski definition) is 3. The first-order valence-electron chi connectivity index (χ1n) is 8.31. The van der Waals surface area contributed by atoms with Crippen LogP contribution in [0.15, 0.2) is 73.1 Å². The summed E-state index contributed by atoms with van der Waals surface area (Å²) in [6.45, 7) is 0.313. The molecule has 0 spiro atoms. The van der Waals surface area contributed by atoms with Crippen molar-refractivity contribution >= 4 is 28.7 Å². The van der Waals surface area contributed by atoms with Crippen LogP contribution >= 0.6 is 0 Å². The molecule has 2 N–H and O–H groups in total. The van der Waals surface area contributed by atoms with E-state index in [1.54, 1.807) is 24.5 Å². The Bertz CT molecular complexity index is 931. The molecule has 130 valence electrons. The van der Waals surface area contributed by atoms with Crippen LogP contribution in [0.4, 0.5) is 0 Å². The molecule has 0 saturated carbocycles. The van der Waals surface area contributed by atoms with Gasteiger partial charge in [-0.25, -0.2) is 0 Å². The van der Waals surface area contributed by atoms with Crippen molar-refractivity contribution in [3.05, 3.63) is 84.2 Å². The number of amides is 2. The van der Waals surface area contributed by atoms with E-state index in [-0.39, 0.29) is 18.4 Å². The fraction of sp³-hybridized carbons (Fsp3) is 0.0952. The summed E-state index contributed by atoms with van der Waals surface area (Å²) in [5.74, 6) is -0.560. The highest BCUT2D eigenvalue weighted by Gasteiger charge is 2.03. The average molecular weight is 345 g/mol. The van der Waals surface area contributed by atoms with Crippen molar-refractivity contribution < 1.29 is 9.59 Å². The first-order valence-corrected chi connectivity index (χ1v) is 8.31. The van der Waals surface area contributed by atoms with E-state index in [0.717, 1.165) is 21.9 Å². The van der Waals surface area contributed by atoms with Crippen molar-refractivity contribution in [2.75, 3.05) is 6.54 Å². The maximum absolute atomic E-state index is 11.9. The normalized spacial score (nSPS) is 10.8. The molecule has 0 fully saturated rings. The van der Waals surface area contributed by atoms with E-state index in [2.05, 4.69) is 15.6 Å². The highest BCUT2D eigenvalue weighted by molar-refractivity contribution is 5.97. The van der Waals surface area contributed by atoms with Gasteiger partial charge in [0, 0.05) is 25.0 Å². The van der Waals surface area contributed by atoms with Gasteiger partial charge in [-0.05, 0) is 34.0 Å². The largest absolute Gasteiger partial charge is 0.350 e. The van der Waals surface area contributed by atoms with Crippen LogP contribution in [0.3, 0.4) is 0 Å². The van der Waals surface area contributed by atoms with Crippen LogP contribution in [0.5, 0.6) is 0 Å². The van der Waals surface area contributed by atoms with Gasteiger partial charge in [-0.2, -0.15) is 0 Å². The maximum atomic E-state index is 11.9. The number of fused-ring (bicyclic) bond motifs is 1. The van der Waals surface area contributed by atoms with Crippen molar-refractivity contribution in [2.24, 2.45) is 0 Å². The number of nitrogens with one attached hydrogen (secondary N) is 2. The third kappa shape index (κ3) is 4.77. The molecule has 1 aromatic heterocycles. The van der Waals surface area contributed by atoms with E-state index >= 15 is 0 Å². The molecular formula is C21H19N3O2. The van der Waals surface area contributed by atoms with Crippen molar-refractivity contribution in [3.63, 3.8) is 0 Å². The fourth-order valence-electron chi connectivity index (χ4n) is 2.55. The van der Waals surface area contributed by atoms with Gasteiger partial charge in [-0.3, -0.25) is 14.6 Å². The van der Waals surface area contributed by atoms with E-state index in [9.17, 15) is 9.59 Å². The maximum Gasteiger partial charge on any atom is 0.244 e. The predicted octanol–water partition coefficient (Wildman–Crippen LogP) is 2.68. The summed E-state index contributed by atoms with van der Waals surface area (Å²) in [5, 5.41) is 7.51. The van der Waals surface area contributed by atoms with Crippen LogP contribution < -0.4 is 10.6 Å². The summed E-state index contributed by atoms with van der Waals surface area (Å²) < 4.78 is 0. The SMILES string of the molecule is O=C(/C=C/c1cccc2ccccc12)NCC(=O)NCc1cccnc1. The molecule has 0 aliphatic carbocycles. The molecular weight excluding hydrogens is 326 g/mol. The zero-order valence-corrected chi connectivity index (χ0v) is 14.2. The molecule has 0 bridgehead atoms. The fourth-order valence-corrected chi connectivity index (χ4v) is 2.55. The minimum Gasteiger partial charge on any atom is -0.350 e. The molecule has 0 atom stereocenters. The lowest BCUT2D eigenvalue weighted by Gasteiger charge is -2.05. The number of nitrogens with zero attached hydrogens (tertiary/aromatic N) is 1. The van der Waals surface area contributed by atoms with E-state index in [0.29, 0.717) is 6.54 Å². The zero-order chi connectivity index (χ0) is 18.2. The lowest BCUT2D eigenvalue weighted by atomic mass is 10.0. The van der Waals surface area contributed by atoms with Crippen molar-refractivity contribution in [3.8, 4) is 0 Å². The molecule has 5 nitrogen and oxygen atoms in total. The minimum atomic E-state index is -0.311. The molecule has 3 rings (SSSR count). The second-order valence-corrected chi connectivity index (χ2v) is 5.76. The van der Waals surface area contributed by atoms with Crippen LogP contribution in [0.2, 0.25) is 0 Å². The lowest BCUT2D eigenvalue weighted by molar-refractivity contribution is -0.124. The summed E-state index contributed by atoms with van der Waals surface area (Å²) in [5.41, 5.74) is 1.86. The van der Waals surface area contributed by atoms with Crippen molar-refractivity contribution in [1.29, 1.82) is 0 Å². The third-order valence-corrected chi connectivity index (χ3v) is 3.87. The van der Waals surface area contributed by atoms with Gasteiger partial charge in [0.2, 0.25) is 11.8 Å². The molecule has 3 aromatic rings. The summed E-state index contributed by atoms with van der Waals surface area (Å²) in [6, 6.07) is 17.6. The molecule has 0 unspecified atom stereocenters. The Morgan fingerprint density at radius 2 is 1.81 bits per heavy atom. The molecule has 1 heterocycles. The Morgan fingerprint density at radius 1 is 0.962 bits per heavy atom. The molecule has 26 heavy (non-hydrogen) atoms. The van der Waals surface area contributed by atoms with Gasteiger partial charge < -0.3 is 10.6 Å². The van der Waals surface area contributed by atoms with Crippen LogP contribution in [-0.4, -0.2) is 23.3 Å². The molecule has 0 saturated heterocycles. The third-order valence-electron chi connectivity index (χ3n) is 3.87. The molecule has 2 amide bonds. The molecule has 2 aromatic carbocycles. The lowest BCUT2D eigenvalue weighted by Crippen LogP contribution is -2.35. The highest BCUT2D eigenvalue weighted by atomic mass is 16.2. The Balaban J connectivity index is 1.50. The van der Waals surface area contributed by atoms with E-state index in [1.807, 2.05) is 48.5 Å². The monoisotopic (exact) mass is 345 g/mol. The second-order valence-electron chi connectivity index (χ2n) is 5.76. The summed E-state index contributed by atoms with van der Waals surface area (Å²) in [4.78, 5) is 27.7. The Kier molecular flexibility index (Phi) is 5.72. The topological polar surface area (TPSA) is 71.1 Å². The summed E-state index contributed by atoms with van der Waals surface area (Å²) >= 11 is 0. The summed E-state index contributed by atoms with van der Waals surface area (Å²) in [6.07, 6.45) is 6.56. The zero-order valence-electron chi connectivity index (χ0n) is 14.2. The van der Waals surface area contributed by atoms with E-state index < -0.39 is 0 Å². The van der Waals surface area contributed by atoms with Crippen LogP contribution in [0.25, 0.3) is 16.8 Å². The van der Waals surface area contributed by atoms with Gasteiger partial charge in [0.15, 0.2) is 0 Å². The van der Waals surface area contributed by atoms with Gasteiger partial charge in [0.25, 0.3) is 0 Å². The van der Waals surface area contributed by atoms with Gasteiger partial charge in [0.1, 0.15) is 0 Å². The molecule has 0 aliphatic rings. The van der Waals surface area contributed by atoms with Gasteiger partial charge in [-0.15, -0.1) is 0 Å². The Hall–Kier alpha value is -3.47. The standard InChI is InChI=1S/C21H19N3O2/c25-20(24-15-21(26)23-14-16-5-4-12-22-13-16)11-10-18-8-3-7-17-6-1-2-9-19(17)18/h1-13H,14-15H2,(H,23,26)(H,24,25)/b11-10+. The Labute approximate surface area is 151 Å². The van der Waals surface area contributed by atoms with E-state index in [1.165, 1.54) is 6.08 Å². The number of carbonyl (C=O) groups is 2. The van der Waals surface area contributed by atoms with Crippen LogP contribution in [0, 0.1) is 0 Å². The van der Waals surface area contributed by atoms with Crippen molar-refractivity contribution in [1.82, 2.24) is 15.6 Å². The predicted molar refractivity (Wildman–Crippen MR) is 102 cm³/mol. The molecule has 0 aliphatic heterocycles. The molecule has 0 radical (unpaired) electrons. The van der Waals surface area contributed by atoms with Gasteiger partial charge in [0.05, 0.1) is 6.54 Å². The Morgan fingerprint density at radius 3 is 2.65 bits per heavy atom. The highest BCUT2D eigenvalue weighted by Crippen LogP contribution is 2.19. The minimum absolute atomic E-state index is 0.0705. The quantitative estimate of drug-likeness (QED) is 0.675. The first kappa shape index (κ1) is 17.4. The van der Waals surface area contributed by atoms with Crippen LogP contribution in [0.1, 0.15) is 11.1 Å². The molecule has 5 heteroatoms. The number of carbonyl (C=O) groups excluding carboxylic acids is 2. The average Bonchev–Trinajstić information content (AvgIpc) is 2.70. The van der Waals surface area contributed by atoms with E-state index in [4.69, 9.17) is 0 Å². The van der Waals surface area contributed by atoms with Gasteiger partial charge in [-0.1, -0.05) is 48.5 Å². The number of rotatable bonds is 6. The summed E-state index contributed by atoms with van der Waals surface area (Å²) in [7, 11) is 0.